The molecule has 3 amide bonds. The summed E-state index contributed by atoms with van der Waals surface area (Å²) in [5, 5.41) is 14.6. The third-order valence-electron chi connectivity index (χ3n) is 4.71. The number of halogens is 2. The Labute approximate surface area is 188 Å². The minimum atomic E-state index is -0.843. The van der Waals surface area contributed by atoms with Crippen LogP contribution in [0, 0.1) is 17.1 Å². The summed E-state index contributed by atoms with van der Waals surface area (Å²) in [6, 6.07) is 9.99. The number of amides is 3. The van der Waals surface area contributed by atoms with E-state index in [4.69, 9.17) is 21.6 Å². The Balaban J connectivity index is 1.77. The largest absolute Gasteiger partial charge is 0.491 e. The molecule has 0 unspecified atom stereocenters. The van der Waals surface area contributed by atoms with E-state index in [0.717, 1.165) is 6.07 Å². The van der Waals surface area contributed by atoms with Crippen molar-refractivity contribution in [1.29, 1.82) is 5.26 Å². The number of hydrogen-bond acceptors (Lipinski definition) is 5. The number of fused-ring (bicyclic) bond motifs is 1. The van der Waals surface area contributed by atoms with E-state index < -0.39 is 17.6 Å². The molecule has 0 saturated heterocycles. The summed E-state index contributed by atoms with van der Waals surface area (Å²) in [4.78, 5) is 39.0. The highest BCUT2D eigenvalue weighted by Crippen LogP contribution is 2.23. The highest BCUT2D eigenvalue weighted by atomic mass is 35.5. The van der Waals surface area contributed by atoms with Gasteiger partial charge in [-0.1, -0.05) is 11.6 Å². The molecule has 32 heavy (non-hydrogen) atoms. The number of benzene rings is 2. The van der Waals surface area contributed by atoms with Gasteiger partial charge in [0.2, 0.25) is 5.91 Å². The first-order valence-electron chi connectivity index (χ1n) is 9.85. The van der Waals surface area contributed by atoms with Gasteiger partial charge in [-0.05, 0) is 42.8 Å². The van der Waals surface area contributed by atoms with E-state index in [9.17, 15) is 18.8 Å². The van der Waals surface area contributed by atoms with Gasteiger partial charge in [0.15, 0.2) is 0 Å². The predicted molar refractivity (Wildman–Crippen MR) is 114 cm³/mol. The molecule has 0 bridgehead atoms. The summed E-state index contributed by atoms with van der Waals surface area (Å²) in [5.74, 6) is -2.02. The van der Waals surface area contributed by atoms with Gasteiger partial charge in [-0.2, -0.15) is 5.26 Å². The summed E-state index contributed by atoms with van der Waals surface area (Å²) in [5.41, 5.74) is 0.100. The molecule has 0 spiro atoms. The molecule has 8 nitrogen and oxygen atoms in total. The van der Waals surface area contributed by atoms with Crippen LogP contribution in [0.5, 0.6) is 5.75 Å². The van der Waals surface area contributed by atoms with Crippen molar-refractivity contribution in [2.24, 2.45) is 0 Å². The van der Waals surface area contributed by atoms with Gasteiger partial charge < -0.3 is 20.3 Å². The van der Waals surface area contributed by atoms with Crippen LogP contribution in [-0.2, 0) is 4.79 Å². The second kappa shape index (κ2) is 10.6. The second-order valence-corrected chi connectivity index (χ2v) is 7.42. The van der Waals surface area contributed by atoms with Crippen LogP contribution < -0.4 is 15.4 Å². The van der Waals surface area contributed by atoms with Crippen LogP contribution in [-0.4, -0.2) is 55.4 Å². The minimum Gasteiger partial charge on any atom is -0.491 e. The van der Waals surface area contributed by atoms with Gasteiger partial charge in [-0.25, -0.2) is 4.39 Å². The number of carbonyl (C=O) groups is 3. The van der Waals surface area contributed by atoms with Gasteiger partial charge in [0.05, 0.1) is 35.8 Å². The maximum atomic E-state index is 14.3. The fourth-order valence-electron chi connectivity index (χ4n) is 3.13. The Morgan fingerprint density at radius 3 is 2.72 bits per heavy atom. The Morgan fingerprint density at radius 2 is 1.97 bits per heavy atom. The van der Waals surface area contributed by atoms with Gasteiger partial charge in [-0.3, -0.25) is 14.4 Å². The summed E-state index contributed by atoms with van der Waals surface area (Å²) >= 11 is 5.99. The number of rotatable bonds is 1. The normalized spacial score (nSPS) is 15.3. The van der Waals surface area contributed by atoms with Crippen LogP contribution in [0.3, 0.4) is 0 Å². The SMILES string of the molecule is N#Cc1ccc(C(=O)N2CCCNC(=O)c3cc(Cl)ccc3OCCNC(=O)C2)c(F)c1. The Kier molecular flexibility index (Phi) is 7.63. The molecule has 0 radical (unpaired) electrons. The minimum absolute atomic E-state index is 0.0842. The maximum absolute atomic E-state index is 14.3. The fraction of sp³-hybridized carbons (Fsp3) is 0.273. The van der Waals surface area contributed by atoms with Crippen molar-refractivity contribution < 1.29 is 23.5 Å². The third-order valence-corrected chi connectivity index (χ3v) is 4.94. The zero-order valence-electron chi connectivity index (χ0n) is 17.0. The molecule has 0 aliphatic carbocycles. The molecular weight excluding hydrogens is 439 g/mol. The molecule has 2 aromatic carbocycles. The van der Waals surface area contributed by atoms with E-state index in [1.165, 1.54) is 23.1 Å². The summed E-state index contributed by atoms with van der Waals surface area (Å²) < 4.78 is 19.9. The number of carbonyl (C=O) groups excluding carboxylic acids is 3. The van der Waals surface area contributed by atoms with Crippen molar-refractivity contribution in [3.05, 3.63) is 63.9 Å². The molecule has 1 aliphatic rings. The van der Waals surface area contributed by atoms with E-state index in [1.54, 1.807) is 18.2 Å². The molecule has 0 saturated carbocycles. The highest BCUT2D eigenvalue weighted by molar-refractivity contribution is 6.31. The quantitative estimate of drug-likeness (QED) is 0.680. The third kappa shape index (κ3) is 5.74. The zero-order chi connectivity index (χ0) is 23.1. The fourth-order valence-corrected chi connectivity index (χ4v) is 3.31. The molecule has 10 heteroatoms. The highest BCUT2D eigenvalue weighted by Gasteiger charge is 2.22. The lowest BCUT2D eigenvalue weighted by Gasteiger charge is -2.23. The molecule has 0 atom stereocenters. The topological polar surface area (TPSA) is 112 Å². The van der Waals surface area contributed by atoms with Gasteiger partial charge in [0, 0.05) is 18.1 Å². The first-order chi connectivity index (χ1) is 15.4. The molecule has 0 fully saturated rings. The van der Waals surface area contributed by atoms with Crippen molar-refractivity contribution in [2.75, 3.05) is 32.8 Å². The molecule has 1 aliphatic heterocycles. The van der Waals surface area contributed by atoms with E-state index in [-0.39, 0.29) is 55.4 Å². The standard InChI is InChI=1S/C22H20ClFN4O4/c23-15-3-5-19-17(11-15)21(30)27-6-1-8-28(13-20(29)26-7-9-32-19)22(31)16-4-2-14(12-25)10-18(16)24/h2-5,10-11H,1,6-9,13H2,(H,26,29)(H,27,30). The maximum Gasteiger partial charge on any atom is 0.257 e. The van der Waals surface area contributed by atoms with Crippen molar-refractivity contribution >= 4 is 29.3 Å². The number of nitriles is 1. The van der Waals surface area contributed by atoms with Gasteiger partial charge in [0.25, 0.3) is 11.8 Å². The molecular formula is C22H20ClFN4O4. The molecule has 2 N–H and O–H groups in total. The lowest BCUT2D eigenvalue weighted by molar-refractivity contribution is -0.121. The first-order valence-corrected chi connectivity index (χ1v) is 10.2. The Morgan fingerprint density at radius 1 is 1.16 bits per heavy atom. The van der Waals surface area contributed by atoms with E-state index >= 15 is 0 Å². The number of hydrogen-bond donors (Lipinski definition) is 2. The van der Waals surface area contributed by atoms with Gasteiger partial charge in [0.1, 0.15) is 18.2 Å². The van der Waals surface area contributed by atoms with E-state index in [2.05, 4.69) is 10.6 Å². The smallest absolute Gasteiger partial charge is 0.257 e. The average Bonchev–Trinajstić information content (AvgIpc) is 2.78. The van der Waals surface area contributed by atoms with Crippen molar-refractivity contribution in [3.63, 3.8) is 0 Å². The van der Waals surface area contributed by atoms with Crippen LogP contribution in [0.2, 0.25) is 5.02 Å². The number of ether oxygens (including phenoxy) is 1. The van der Waals surface area contributed by atoms with Gasteiger partial charge >= 0.3 is 0 Å². The Hall–Kier alpha value is -3.64. The monoisotopic (exact) mass is 458 g/mol. The second-order valence-electron chi connectivity index (χ2n) is 6.98. The molecule has 0 aromatic heterocycles. The lowest BCUT2D eigenvalue weighted by atomic mass is 10.1. The van der Waals surface area contributed by atoms with Crippen LogP contribution in [0.1, 0.15) is 32.7 Å². The first kappa shape index (κ1) is 23.0. The number of nitrogens with zero attached hydrogens (tertiary/aromatic N) is 2. The van der Waals surface area contributed by atoms with Crippen molar-refractivity contribution in [1.82, 2.24) is 15.5 Å². The van der Waals surface area contributed by atoms with Crippen LogP contribution in [0.15, 0.2) is 36.4 Å². The molecule has 1 heterocycles. The molecule has 3 rings (SSSR count). The van der Waals surface area contributed by atoms with Crippen LogP contribution in [0.25, 0.3) is 0 Å². The van der Waals surface area contributed by atoms with Crippen molar-refractivity contribution in [3.8, 4) is 11.8 Å². The van der Waals surface area contributed by atoms with Crippen LogP contribution >= 0.6 is 11.6 Å². The molecule has 166 valence electrons. The van der Waals surface area contributed by atoms with E-state index in [1.807, 2.05) is 0 Å². The van der Waals surface area contributed by atoms with Gasteiger partial charge in [-0.15, -0.1) is 0 Å². The van der Waals surface area contributed by atoms with E-state index in [0.29, 0.717) is 17.2 Å². The number of nitrogens with one attached hydrogen (secondary N) is 2. The zero-order valence-corrected chi connectivity index (χ0v) is 17.7. The van der Waals surface area contributed by atoms with Crippen molar-refractivity contribution in [2.45, 2.75) is 6.42 Å². The van der Waals surface area contributed by atoms with Crippen LogP contribution in [0.4, 0.5) is 4.39 Å². The summed E-state index contributed by atoms with van der Waals surface area (Å²) in [7, 11) is 0. The Bertz CT molecular complexity index is 1090. The predicted octanol–water partition coefficient (Wildman–Crippen LogP) is 2.12. The summed E-state index contributed by atoms with van der Waals surface area (Å²) in [6.45, 7) is 0.233. The summed E-state index contributed by atoms with van der Waals surface area (Å²) in [6.07, 6.45) is 0.319. The lowest BCUT2D eigenvalue weighted by Crippen LogP contribution is -2.43. The average molecular weight is 459 g/mol. The molecule has 2 aromatic rings.